The van der Waals surface area contributed by atoms with Crippen molar-refractivity contribution < 1.29 is 19.1 Å². The van der Waals surface area contributed by atoms with Gasteiger partial charge in [-0.2, -0.15) is 0 Å². The summed E-state index contributed by atoms with van der Waals surface area (Å²) in [4.78, 5) is 23.6. The fourth-order valence-corrected chi connectivity index (χ4v) is 1.50. The van der Waals surface area contributed by atoms with E-state index in [9.17, 15) is 14.0 Å². The fourth-order valence-electron chi connectivity index (χ4n) is 1.50. The van der Waals surface area contributed by atoms with Crippen molar-refractivity contribution in [2.75, 3.05) is 24.5 Å². The van der Waals surface area contributed by atoms with Crippen LogP contribution >= 0.6 is 0 Å². The SMILES string of the molecule is CCN(C(=O)CNCC(=O)O)c1ccc(F)cc1. The van der Waals surface area contributed by atoms with Crippen LogP contribution in [0, 0.1) is 5.82 Å². The molecule has 18 heavy (non-hydrogen) atoms. The van der Waals surface area contributed by atoms with E-state index >= 15 is 0 Å². The Morgan fingerprint density at radius 3 is 2.39 bits per heavy atom. The van der Waals surface area contributed by atoms with Crippen LogP contribution < -0.4 is 10.2 Å². The summed E-state index contributed by atoms with van der Waals surface area (Å²) in [6.45, 7) is 1.88. The van der Waals surface area contributed by atoms with Crippen LogP contribution in [0.15, 0.2) is 24.3 Å². The predicted octanol–water partition coefficient (Wildman–Crippen LogP) is 0.853. The number of carbonyl (C=O) groups excluding carboxylic acids is 1. The minimum absolute atomic E-state index is 0.0719. The molecule has 0 radical (unpaired) electrons. The summed E-state index contributed by atoms with van der Waals surface area (Å²) < 4.78 is 12.8. The molecule has 0 atom stereocenters. The molecule has 0 aliphatic rings. The van der Waals surface area contributed by atoms with E-state index in [-0.39, 0.29) is 24.8 Å². The highest BCUT2D eigenvalue weighted by molar-refractivity contribution is 5.94. The Kier molecular flexibility index (Phi) is 5.26. The maximum absolute atomic E-state index is 12.8. The number of carboxylic acid groups (broad SMARTS) is 1. The molecule has 0 aromatic heterocycles. The van der Waals surface area contributed by atoms with Gasteiger partial charge < -0.3 is 10.0 Å². The molecule has 1 amide bonds. The van der Waals surface area contributed by atoms with Crippen LogP contribution in [0.4, 0.5) is 10.1 Å². The van der Waals surface area contributed by atoms with Crippen molar-refractivity contribution >= 4 is 17.6 Å². The molecule has 0 saturated carbocycles. The third-order valence-electron chi connectivity index (χ3n) is 2.31. The maximum atomic E-state index is 12.8. The standard InChI is InChI=1S/C12H15FN2O3/c1-2-15(10-5-3-9(13)4-6-10)11(16)7-14-8-12(17)18/h3-6,14H,2,7-8H2,1H3,(H,17,18). The zero-order valence-electron chi connectivity index (χ0n) is 10.0. The number of carboxylic acids is 1. The van der Waals surface area contributed by atoms with Crippen molar-refractivity contribution in [2.24, 2.45) is 0 Å². The predicted molar refractivity (Wildman–Crippen MR) is 64.9 cm³/mol. The van der Waals surface area contributed by atoms with Crippen molar-refractivity contribution in [3.8, 4) is 0 Å². The average Bonchev–Trinajstić information content (AvgIpc) is 2.32. The quantitative estimate of drug-likeness (QED) is 0.789. The summed E-state index contributed by atoms with van der Waals surface area (Å²) >= 11 is 0. The van der Waals surface area contributed by atoms with Gasteiger partial charge in [0, 0.05) is 12.2 Å². The largest absolute Gasteiger partial charge is 0.480 e. The van der Waals surface area contributed by atoms with E-state index in [2.05, 4.69) is 5.32 Å². The first-order valence-corrected chi connectivity index (χ1v) is 5.53. The second-order valence-corrected chi connectivity index (χ2v) is 3.61. The van der Waals surface area contributed by atoms with Crippen LogP contribution in [0.25, 0.3) is 0 Å². The number of halogens is 1. The molecule has 0 unspecified atom stereocenters. The first kappa shape index (κ1) is 14.1. The third-order valence-corrected chi connectivity index (χ3v) is 2.31. The Morgan fingerprint density at radius 1 is 1.28 bits per heavy atom. The Bertz CT molecular complexity index is 420. The second-order valence-electron chi connectivity index (χ2n) is 3.61. The van der Waals surface area contributed by atoms with Gasteiger partial charge in [0.1, 0.15) is 5.82 Å². The molecule has 0 heterocycles. The number of anilines is 1. The van der Waals surface area contributed by atoms with Crippen molar-refractivity contribution in [2.45, 2.75) is 6.92 Å². The van der Waals surface area contributed by atoms with E-state index in [1.807, 2.05) is 0 Å². The molecule has 1 aromatic rings. The van der Waals surface area contributed by atoms with Gasteiger partial charge in [0.15, 0.2) is 0 Å². The summed E-state index contributed by atoms with van der Waals surface area (Å²) in [7, 11) is 0. The van der Waals surface area contributed by atoms with Crippen LogP contribution in [-0.2, 0) is 9.59 Å². The van der Waals surface area contributed by atoms with Gasteiger partial charge in [-0.05, 0) is 31.2 Å². The lowest BCUT2D eigenvalue weighted by Crippen LogP contribution is -2.39. The smallest absolute Gasteiger partial charge is 0.317 e. The van der Waals surface area contributed by atoms with Crippen LogP contribution in [0.1, 0.15) is 6.92 Å². The molecule has 98 valence electrons. The number of amides is 1. The minimum Gasteiger partial charge on any atom is -0.480 e. The molecule has 6 heteroatoms. The summed E-state index contributed by atoms with van der Waals surface area (Å²) in [6, 6.07) is 5.56. The van der Waals surface area contributed by atoms with Crippen LogP contribution in [-0.4, -0.2) is 36.6 Å². The number of rotatable bonds is 6. The van der Waals surface area contributed by atoms with E-state index in [1.54, 1.807) is 6.92 Å². The van der Waals surface area contributed by atoms with E-state index in [4.69, 9.17) is 5.11 Å². The number of nitrogens with one attached hydrogen (secondary N) is 1. The number of carbonyl (C=O) groups is 2. The maximum Gasteiger partial charge on any atom is 0.317 e. The van der Waals surface area contributed by atoms with Crippen LogP contribution in [0.5, 0.6) is 0 Å². The van der Waals surface area contributed by atoms with Gasteiger partial charge in [0.25, 0.3) is 0 Å². The van der Waals surface area contributed by atoms with Gasteiger partial charge in [0.05, 0.1) is 13.1 Å². The first-order valence-electron chi connectivity index (χ1n) is 5.53. The zero-order chi connectivity index (χ0) is 13.5. The minimum atomic E-state index is -1.02. The van der Waals surface area contributed by atoms with Crippen LogP contribution in [0.3, 0.4) is 0 Å². The van der Waals surface area contributed by atoms with E-state index in [0.29, 0.717) is 12.2 Å². The van der Waals surface area contributed by atoms with Gasteiger partial charge >= 0.3 is 5.97 Å². The Balaban J connectivity index is 2.62. The van der Waals surface area contributed by atoms with Crippen LogP contribution in [0.2, 0.25) is 0 Å². The second kappa shape index (κ2) is 6.70. The summed E-state index contributed by atoms with van der Waals surface area (Å²) in [5.41, 5.74) is 0.584. The van der Waals surface area contributed by atoms with Gasteiger partial charge in [-0.15, -0.1) is 0 Å². The van der Waals surface area contributed by atoms with E-state index < -0.39 is 5.97 Å². The number of likely N-dealkylation sites (N-methyl/N-ethyl adjacent to an activating group) is 1. The van der Waals surface area contributed by atoms with Crippen molar-refractivity contribution in [3.63, 3.8) is 0 Å². The Morgan fingerprint density at radius 2 is 1.89 bits per heavy atom. The molecule has 5 nitrogen and oxygen atoms in total. The fraction of sp³-hybridized carbons (Fsp3) is 0.333. The monoisotopic (exact) mass is 254 g/mol. The lowest BCUT2D eigenvalue weighted by molar-refractivity contribution is -0.135. The Labute approximate surface area is 104 Å². The molecule has 2 N–H and O–H groups in total. The van der Waals surface area contributed by atoms with Gasteiger partial charge in [-0.25, -0.2) is 4.39 Å². The average molecular weight is 254 g/mol. The highest BCUT2D eigenvalue weighted by Gasteiger charge is 2.13. The number of hydrogen-bond donors (Lipinski definition) is 2. The number of nitrogens with zero attached hydrogens (tertiary/aromatic N) is 1. The van der Waals surface area contributed by atoms with Gasteiger partial charge in [-0.1, -0.05) is 0 Å². The molecule has 1 rings (SSSR count). The first-order chi connectivity index (χ1) is 8.54. The van der Waals surface area contributed by atoms with Crippen molar-refractivity contribution in [1.29, 1.82) is 0 Å². The summed E-state index contributed by atoms with van der Waals surface area (Å²) in [5.74, 6) is -1.65. The molecular weight excluding hydrogens is 239 g/mol. The normalized spacial score (nSPS) is 10.1. The molecule has 1 aromatic carbocycles. The highest BCUT2D eigenvalue weighted by atomic mass is 19.1. The zero-order valence-corrected chi connectivity index (χ0v) is 10.0. The molecule has 0 aliphatic heterocycles. The molecule has 0 bridgehead atoms. The molecule has 0 spiro atoms. The topological polar surface area (TPSA) is 69.6 Å². The molecule has 0 saturated heterocycles. The lowest BCUT2D eigenvalue weighted by Gasteiger charge is -2.21. The van der Waals surface area contributed by atoms with E-state index in [1.165, 1.54) is 29.2 Å². The molecular formula is C12H15FN2O3. The van der Waals surface area contributed by atoms with Crippen molar-refractivity contribution in [1.82, 2.24) is 5.32 Å². The molecule has 0 aliphatic carbocycles. The van der Waals surface area contributed by atoms with Gasteiger partial charge in [-0.3, -0.25) is 14.9 Å². The number of aliphatic carboxylic acids is 1. The lowest BCUT2D eigenvalue weighted by atomic mass is 10.2. The third kappa shape index (κ3) is 4.14. The highest BCUT2D eigenvalue weighted by Crippen LogP contribution is 2.14. The Hall–Kier alpha value is -1.95. The number of benzene rings is 1. The summed E-state index contributed by atoms with van der Waals surface area (Å²) in [6.07, 6.45) is 0. The summed E-state index contributed by atoms with van der Waals surface area (Å²) in [5, 5.41) is 11.0. The molecule has 0 fully saturated rings. The number of hydrogen-bond acceptors (Lipinski definition) is 3. The van der Waals surface area contributed by atoms with E-state index in [0.717, 1.165) is 0 Å². The van der Waals surface area contributed by atoms with Crippen molar-refractivity contribution in [3.05, 3.63) is 30.1 Å². The van der Waals surface area contributed by atoms with Gasteiger partial charge in [0.2, 0.25) is 5.91 Å².